The fourth-order valence-electron chi connectivity index (χ4n) is 3.94. The molecular weight excluding hydrogens is 282 g/mol. The number of likely N-dealkylation sites (N-methyl/N-ethyl adjacent to an activating group) is 1. The van der Waals surface area contributed by atoms with Crippen LogP contribution in [0.15, 0.2) is 0 Å². The number of nitrogens with one attached hydrogen (secondary N) is 1. The first-order chi connectivity index (χ1) is 9.92. The molecular formula is C17H33NO2S. The summed E-state index contributed by atoms with van der Waals surface area (Å²) in [7, 11) is 2.09. The Kier molecular flexibility index (Phi) is 6.03. The smallest absolute Gasteiger partial charge is 0.0783 e. The predicted molar refractivity (Wildman–Crippen MR) is 91.1 cm³/mol. The Balaban J connectivity index is 2.11. The van der Waals surface area contributed by atoms with E-state index in [2.05, 4.69) is 40.1 Å². The van der Waals surface area contributed by atoms with E-state index in [0.29, 0.717) is 12.0 Å². The standard InChI is InChI=1S/C17H33NO2S/c1-6-19-15(16(2,3)4)14(18-5)13-7-9-20-17(11-13)8-10-21-12-17/h13-15,18H,6-12H2,1-5H3. The van der Waals surface area contributed by atoms with Crippen molar-refractivity contribution in [3.8, 4) is 0 Å². The number of ether oxygens (including phenoxy) is 2. The van der Waals surface area contributed by atoms with Crippen LogP contribution in [0.3, 0.4) is 0 Å². The first-order valence-electron chi connectivity index (χ1n) is 8.42. The van der Waals surface area contributed by atoms with Crippen molar-refractivity contribution in [2.45, 2.75) is 64.7 Å². The zero-order valence-electron chi connectivity index (χ0n) is 14.4. The van der Waals surface area contributed by atoms with Crippen LogP contribution in [-0.4, -0.2) is 49.5 Å². The highest BCUT2D eigenvalue weighted by Gasteiger charge is 2.45. The highest BCUT2D eigenvalue weighted by atomic mass is 32.2. The second-order valence-electron chi connectivity index (χ2n) is 7.64. The molecule has 4 unspecified atom stereocenters. The fraction of sp³-hybridized carbons (Fsp3) is 1.00. The number of rotatable bonds is 5. The molecule has 2 heterocycles. The molecule has 2 aliphatic rings. The molecule has 0 saturated carbocycles. The van der Waals surface area contributed by atoms with Crippen molar-refractivity contribution in [3.63, 3.8) is 0 Å². The van der Waals surface area contributed by atoms with Crippen molar-refractivity contribution in [1.29, 1.82) is 0 Å². The van der Waals surface area contributed by atoms with Crippen LogP contribution in [0.4, 0.5) is 0 Å². The van der Waals surface area contributed by atoms with Crippen molar-refractivity contribution in [2.75, 3.05) is 31.8 Å². The van der Waals surface area contributed by atoms with Crippen LogP contribution in [0.25, 0.3) is 0 Å². The minimum atomic E-state index is 0.150. The maximum absolute atomic E-state index is 6.19. The van der Waals surface area contributed by atoms with E-state index in [-0.39, 0.29) is 17.1 Å². The number of hydrogen-bond acceptors (Lipinski definition) is 4. The lowest BCUT2D eigenvalue weighted by atomic mass is 9.74. The zero-order valence-corrected chi connectivity index (χ0v) is 15.2. The first-order valence-corrected chi connectivity index (χ1v) is 9.58. The second kappa shape index (κ2) is 7.20. The Labute approximate surface area is 134 Å². The first kappa shape index (κ1) is 17.6. The van der Waals surface area contributed by atoms with Crippen LogP contribution >= 0.6 is 11.8 Å². The SMILES string of the molecule is CCOC(C(NC)C1CCOC2(CCSC2)C1)C(C)(C)C. The number of hydrogen-bond donors (Lipinski definition) is 1. The lowest BCUT2D eigenvalue weighted by Gasteiger charge is -2.45. The summed E-state index contributed by atoms with van der Waals surface area (Å²) in [6, 6.07) is 0.413. The summed E-state index contributed by atoms with van der Waals surface area (Å²) in [6.07, 6.45) is 3.81. The van der Waals surface area contributed by atoms with Crippen LogP contribution in [-0.2, 0) is 9.47 Å². The van der Waals surface area contributed by atoms with E-state index in [4.69, 9.17) is 9.47 Å². The van der Waals surface area contributed by atoms with E-state index in [1.807, 2.05) is 11.8 Å². The van der Waals surface area contributed by atoms with Gasteiger partial charge in [-0.1, -0.05) is 20.8 Å². The van der Waals surface area contributed by atoms with Crippen LogP contribution in [0.2, 0.25) is 0 Å². The number of thioether (sulfide) groups is 1. The van der Waals surface area contributed by atoms with E-state index >= 15 is 0 Å². The molecule has 0 aromatic heterocycles. The molecule has 0 aromatic rings. The summed E-state index contributed by atoms with van der Waals surface area (Å²) < 4.78 is 12.3. The highest BCUT2D eigenvalue weighted by molar-refractivity contribution is 7.99. The molecule has 124 valence electrons. The Morgan fingerprint density at radius 2 is 2.19 bits per heavy atom. The van der Waals surface area contributed by atoms with Gasteiger partial charge in [-0.3, -0.25) is 0 Å². The van der Waals surface area contributed by atoms with Gasteiger partial charge in [-0.25, -0.2) is 0 Å². The molecule has 0 amide bonds. The minimum Gasteiger partial charge on any atom is -0.376 e. The average molecular weight is 316 g/mol. The third-order valence-corrected chi connectivity index (χ3v) is 6.19. The predicted octanol–water partition coefficient (Wildman–Crippen LogP) is 3.33. The van der Waals surface area contributed by atoms with Gasteiger partial charge in [-0.05, 0) is 50.3 Å². The van der Waals surface area contributed by atoms with Crippen molar-refractivity contribution in [2.24, 2.45) is 11.3 Å². The Hall–Kier alpha value is 0.230. The van der Waals surface area contributed by atoms with Crippen molar-refractivity contribution in [1.82, 2.24) is 5.32 Å². The molecule has 4 heteroatoms. The van der Waals surface area contributed by atoms with Gasteiger partial charge >= 0.3 is 0 Å². The molecule has 0 radical (unpaired) electrons. The Morgan fingerprint density at radius 1 is 1.43 bits per heavy atom. The van der Waals surface area contributed by atoms with Crippen molar-refractivity contribution < 1.29 is 9.47 Å². The van der Waals surface area contributed by atoms with E-state index in [9.17, 15) is 0 Å². The molecule has 1 N–H and O–H groups in total. The monoisotopic (exact) mass is 315 g/mol. The second-order valence-corrected chi connectivity index (χ2v) is 8.75. The van der Waals surface area contributed by atoms with Crippen LogP contribution in [0.5, 0.6) is 0 Å². The van der Waals surface area contributed by atoms with Crippen LogP contribution < -0.4 is 5.32 Å². The van der Waals surface area contributed by atoms with E-state index < -0.39 is 0 Å². The molecule has 1 spiro atoms. The topological polar surface area (TPSA) is 30.5 Å². The van der Waals surface area contributed by atoms with Gasteiger partial charge in [0, 0.05) is 25.0 Å². The molecule has 0 aliphatic carbocycles. The lowest BCUT2D eigenvalue weighted by Crippen LogP contribution is -2.55. The van der Waals surface area contributed by atoms with Gasteiger partial charge in [-0.15, -0.1) is 0 Å². The van der Waals surface area contributed by atoms with E-state index in [1.54, 1.807) is 0 Å². The van der Waals surface area contributed by atoms with E-state index in [1.165, 1.54) is 24.3 Å². The molecule has 4 atom stereocenters. The van der Waals surface area contributed by atoms with Crippen LogP contribution in [0, 0.1) is 11.3 Å². The highest BCUT2D eigenvalue weighted by Crippen LogP contribution is 2.43. The third kappa shape index (κ3) is 4.15. The molecule has 21 heavy (non-hydrogen) atoms. The molecule has 2 aliphatic heterocycles. The average Bonchev–Trinajstić information content (AvgIpc) is 2.86. The van der Waals surface area contributed by atoms with Gasteiger partial charge in [0.2, 0.25) is 0 Å². The molecule has 2 fully saturated rings. The summed E-state index contributed by atoms with van der Waals surface area (Å²) in [4.78, 5) is 0. The molecule has 3 nitrogen and oxygen atoms in total. The zero-order chi connectivity index (χ0) is 15.5. The summed E-state index contributed by atoms with van der Waals surface area (Å²) in [6.45, 7) is 10.7. The van der Waals surface area contributed by atoms with Gasteiger partial charge < -0.3 is 14.8 Å². The lowest BCUT2D eigenvalue weighted by molar-refractivity contribution is -0.109. The Bertz CT molecular complexity index is 323. The van der Waals surface area contributed by atoms with Crippen molar-refractivity contribution >= 4 is 11.8 Å². The Morgan fingerprint density at radius 3 is 2.71 bits per heavy atom. The largest absolute Gasteiger partial charge is 0.376 e. The third-order valence-electron chi connectivity index (χ3n) is 4.97. The van der Waals surface area contributed by atoms with Crippen LogP contribution in [0.1, 0.15) is 47.0 Å². The van der Waals surface area contributed by atoms with Gasteiger partial charge in [0.1, 0.15) is 0 Å². The molecule has 0 aromatic carbocycles. The quantitative estimate of drug-likeness (QED) is 0.843. The molecule has 2 rings (SSSR count). The summed E-state index contributed by atoms with van der Waals surface area (Å²) in [5, 5.41) is 3.58. The normalized spacial score (nSPS) is 33.3. The van der Waals surface area contributed by atoms with Gasteiger partial charge in [0.15, 0.2) is 0 Å². The summed E-state index contributed by atoms with van der Waals surface area (Å²) in [5.74, 6) is 3.08. The summed E-state index contributed by atoms with van der Waals surface area (Å²) >= 11 is 2.05. The van der Waals surface area contributed by atoms with Gasteiger partial charge in [-0.2, -0.15) is 11.8 Å². The van der Waals surface area contributed by atoms with Gasteiger partial charge in [0.25, 0.3) is 0 Å². The van der Waals surface area contributed by atoms with Gasteiger partial charge in [0.05, 0.1) is 11.7 Å². The maximum atomic E-state index is 6.19. The summed E-state index contributed by atoms with van der Waals surface area (Å²) in [5.41, 5.74) is 0.302. The maximum Gasteiger partial charge on any atom is 0.0783 e. The minimum absolute atomic E-state index is 0.150. The fourth-order valence-corrected chi connectivity index (χ4v) is 5.32. The molecule has 0 bridgehead atoms. The van der Waals surface area contributed by atoms with Crippen molar-refractivity contribution in [3.05, 3.63) is 0 Å². The molecule has 2 saturated heterocycles. The van der Waals surface area contributed by atoms with E-state index in [0.717, 1.165) is 19.6 Å².